The van der Waals surface area contributed by atoms with E-state index in [1.807, 2.05) is 13.8 Å². The average molecular weight is 184 g/mol. The van der Waals surface area contributed by atoms with Crippen molar-refractivity contribution < 1.29 is 0 Å². The van der Waals surface area contributed by atoms with Gasteiger partial charge in [0.15, 0.2) is 0 Å². The Morgan fingerprint density at radius 3 is 1.75 bits per heavy atom. The first kappa shape index (κ1) is 9.40. The molecule has 0 amide bonds. The average Bonchev–Trinajstić information content (AvgIpc) is 2.08. The summed E-state index contributed by atoms with van der Waals surface area (Å²) in [6.45, 7) is 8.15. The molecule has 1 nitrogen and oxygen atoms in total. The molecule has 1 rings (SSSR count). The highest BCUT2D eigenvalue weighted by molar-refractivity contribution is 6.34. The number of nitrogens with two attached hydrogens (primary N) is 1. The maximum Gasteiger partial charge on any atom is 0.0670 e. The second kappa shape index (κ2) is 2.98. The van der Waals surface area contributed by atoms with E-state index in [0.29, 0.717) is 5.02 Å². The molecule has 2 N–H and O–H groups in total. The van der Waals surface area contributed by atoms with Crippen molar-refractivity contribution in [2.45, 2.75) is 27.7 Å². The van der Waals surface area contributed by atoms with Crippen molar-refractivity contribution in [3.63, 3.8) is 0 Å². The minimum Gasteiger partial charge on any atom is -0.397 e. The molecule has 0 saturated heterocycles. The van der Waals surface area contributed by atoms with E-state index < -0.39 is 0 Å². The molecule has 0 unspecified atom stereocenters. The molecule has 12 heavy (non-hydrogen) atoms. The van der Waals surface area contributed by atoms with Crippen molar-refractivity contribution in [3.05, 3.63) is 27.3 Å². The predicted octanol–water partition coefficient (Wildman–Crippen LogP) is 3.16. The van der Waals surface area contributed by atoms with E-state index in [9.17, 15) is 0 Å². The summed E-state index contributed by atoms with van der Waals surface area (Å²) in [5.74, 6) is 0. The Hall–Kier alpha value is -0.690. The topological polar surface area (TPSA) is 26.0 Å². The molecule has 0 aromatic heterocycles. The molecule has 0 aliphatic carbocycles. The normalized spacial score (nSPS) is 10.4. The summed E-state index contributed by atoms with van der Waals surface area (Å²) in [6, 6.07) is 0. The maximum absolute atomic E-state index is 6.04. The van der Waals surface area contributed by atoms with Crippen LogP contribution in [0.5, 0.6) is 0 Å². The highest BCUT2D eigenvalue weighted by Gasteiger charge is 2.10. The number of hydrogen-bond donors (Lipinski definition) is 1. The first-order valence-electron chi connectivity index (χ1n) is 3.98. The Morgan fingerprint density at radius 1 is 0.833 bits per heavy atom. The lowest BCUT2D eigenvalue weighted by Gasteiger charge is -2.13. The van der Waals surface area contributed by atoms with Gasteiger partial charge in [-0.15, -0.1) is 0 Å². The van der Waals surface area contributed by atoms with Gasteiger partial charge in [-0.25, -0.2) is 0 Å². The molecular formula is C10H14ClN. The number of halogens is 1. The number of anilines is 1. The molecule has 0 aliphatic rings. The highest BCUT2D eigenvalue weighted by Crippen LogP contribution is 2.31. The molecule has 0 saturated carbocycles. The number of rotatable bonds is 0. The third-order valence-corrected chi connectivity index (χ3v) is 3.14. The van der Waals surface area contributed by atoms with Gasteiger partial charge in [-0.1, -0.05) is 11.6 Å². The van der Waals surface area contributed by atoms with Gasteiger partial charge in [0.1, 0.15) is 0 Å². The van der Waals surface area contributed by atoms with Crippen LogP contribution >= 0.6 is 11.6 Å². The van der Waals surface area contributed by atoms with Crippen LogP contribution in [-0.2, 0) is 0 Å². The molecule has 0 fully saturated rings. The van der Waals surface area contributed by atoms with Crippen LogP contribution in [0.1, 0.15) is 22.3 Å². The zero-order valence-corrected chi connectivity index (χ0v) is 8.71. The fraction of sp³-hybridized carbons (Fsp3) is 0.400. The quantitative estimate of drug-likeness (QED) is 0.615. The molecule has 1 aromatic rings. The van der Waals surface area contributed by atoms with Crippen molar-refractivity contribution in [1.82, 2.24) is 0 Å². The first-order valence-corrected chi connectivity index (χ1v) is 4.36. The van der Waals surface area contributed by atoms with Crippen LogP contribution in [0.2, 0.25) is 5.02 Å². The Bertz CT molecular complexity index is 224. The third kappa shape index (κ3) is 1.18. The molecule has 66 valence electrons. The van der Waals surface area contributed by atoms with Crippen molar-refractivity contribution in [2.75, 3.05) is 5.73 Å². The molecule has 0 bridgehead atoms. The Labute approximate surface area is 78.5 Å². The van der Waals surface area contributed by atoms with Gasteiger partial charge in [0.25, 0.3) is 0 Å². The minimum absolute atomic E-state index is 0.704. The van der Waals surface area contributed by atoms with Gasteiger partial charge in [0, 0.05) is 0 Å². The van der Waals surface area contributed by atoms with E-state index in [2.05, 4.69) is 13.8 Å². The molecule has 0 aliphatic heterocycles. The van der Waals surface area contributed by atoms with Gasteiger partial charge in [-0.05, 0) is 49.9 Å². The van der Waals surface area contributed by atoms with Crippen LogP contribution in [0.3, 0.4) is 0 Å². The summed E-state index contributed by atoms with van der Waals surface area (Å²) < 4.78 is 0. The fourth-order valence-corrected chi connectivity index (χ4v) is 1.58. The van der Waals surface area contributed by atoms with Crippen LogP contribution < -0.4 is 5.73 Å². The van der Waals surface area contributed by atoms with Crippen LogP contribution in [0, 0.1) is 27.7 Å². The lowest BCUT2D eigenvalue weighted by molar-refractivity contribution is 1.22. The van der Waals surface area contributed by atoms with Crippen molar-refractivity contribution >= 4 is 17.3 Å². The zero-order valence-electron chi connectivity index (χ0n) is 7.96. The van der Waals surface area contributed by atoms with Crippen LogP contribution in [0.25, 0.3) is 0 Å². The van der Waals surface area contributed by atoms with E-state index in [-0.39, 0.29) is 0 Å². The van der Waals surface area contributed by atoms with Gasteiger partial charge in [0.2, 0.25) is 0 Å². The number of benzene rings is 1. The van der Waals surface area contributed by atoms with Gasteiger partial charge in [-0.3, -0.25) is 0 Å². The molecule has 2 heteroatoms. The Balaban J connectivity index is 3.60. The standard InChI is InChI=1S/C10H14ClN/c1-5-6(2)8(4)10(12)9(11)7(5)3/h12H2,1-4H3. The monoisotopic (exact) mass is 183 g/mol. The van der Waals surface area contributed by atoms with Gasteiger partial charge in [-0.2, -0.15) is 0 Å². The molecule has 0 spiro atoms. The van der Waals surface area contributed by atoms with Crippen molar-refractivity contribution in [1.29, 1.82) is 0 Å². The maximum atomic E-state index is 6.04. The minimum atomic E-state index is 0.704. The van der Waals surface area contributed by atoms with Crippen molar-refractivity contribution in [3.8, 4) is 0 Å². The molecule has 0 atom stereocenters. The Morgan fingerprint density at radius 2 is 1.25 bits per heavy atom. The second-order valence-corrected chi connectivity index (χ2v) is 3.61. The molecule has 1 aromatic carbocycles. The summed E-state index contributed by atoms with van der Waals surface area (Å²) in [6.07, 6.45) is 0. The molecule has 0 radical (unpaired) electrons. The Kier molecular flexibility index (Phi) is 2.34. The summed E-state index contributed by atoms with van der Waals surface area (Å²) in [7, 11) is 0. The summed E-state index contributed by atoms with van der Waals surface area (Å²) in [5, 5.41) is 0.704. The smallest absolute Gasteiger partial charge is 0.0670 e. The summed E-state index contributed by atoms with van der Waals surface area (Å²) in [5.41, 5.74) is 11.2. The van der Waals surface area contributed by atoms with E-state index in [4.69, 9.17) is 17.3 Å². The van der Waals surface area contributed by atoms with Gasteiger partial charge in [0.05, 0.1) is 10.7 Å². The van der Waals surface area contributed by atoms with E-state index >= 15 is 0 Å². The number of nitrogen functional groups attached to an aromatic ring is 1. The van der Waals surface area contributed by atoms with E-state index in [1.54, 1.807) is 0 Å². The van der Waals surface area contributed by atoms with E-state index in [0.717, 1.165) is 16.8 Å². The molecular weight excluding hydrogens is 170 g/mol. The second-order valence-electron chi connectivity index (χ2n) is 3.23. The SMILES string of the molecule is Cc1c(C)c(C)c(Cl)c(N)c1C. The third-order valence-electron chi connectivity index (χ3n) is 2.66. The molecule has 0 heterocycles. The highest BCUT2D eigenvalue weighted by atomic mass is 35.5. The van der Waals surface area contributed by atoms with Crippen LogP contribution in [-0.4, -0.2) is 0 Å². The van der Waals surface area contributed by atoms with E-state index in [1.165, 1.54) is 11.1 Å². The van der Waals surface area contributed by atoms with Gasteiger partial charge >= 0.3 is 0 Å². The van der Waals surface area contributed by atoms with Crippen LogP contribution in [0.4, 0.5) is 5.69 Å². The predicted molar refractivity (Wildman–Crippen MR) is 54.8 cm³/mol. The first-order chi connectivity index (χ1) is 5.46. The lowest BCUT2D eigenvalue weighted by atomic mass is 9.98. The fourth-order valence-electron chi connectivity index (χ4n) is 1.30. The number of hydrogen-bond acceptors (Lipinski definition) is 1. The lowest BCUT2D eigenvalue weighted by Crippen LogP contribution is -1.99. The zero-order chi connectivity index (χ0) is 9.46. The van der Waals surface area contributed by atoms with Crippen molar-refractivity contribution in [2.24, 2.45) is 0 Å². The largest absolute Gasteiger partial charge is 0.397 e. The van der Waals surface area contributed by atoms with Gasteiger partial charge < -0.3 is 5.73 Å². The summed E-state index contributed by atoms with van der Waals surface area (Å²) >= 11 is 6.04. The van der Waals surface area contributed by atoms with Crippen LogP contribution in [0.15, 0.2) is 0 Å². The summed E-state index contributed by atoms with van der Waals surface area (Å²) in [4.78, 5) is 0.